The van der Waals surface area contributed by atoms with Gasteiger partial charge in [-0.3, -0.25) is 0 Å². The number of hydrogen-bond donors (Lipinski definition) is 0. The Morgan fingerprint density at radius 3 is 2.06 bits per heavy atom. The molecular formula is C8H3F7O. The third-order valence-corrected chi connectivity index (χ3v) is 1.49. The normalized spacial score (nSPS) is 12.0. The fraction of sp³-hybridized carbons (Fsp3) is 0.250. The number of benzene rings is 1. The molecule has 0 spiro atoms. The van der Waals surface area contributed by atoms with Crippen LogP contribution in [0.25, 0.3) is 0 Å². The van der Waals surface area contributed by atoms with Crippen molar-refractivity contribution in [2.45, 2.75) is 12.8 Å². The van der Waals surface area contributed by atoms with Gasteiger partial charge in [0.15, 0.2) is 11.6 Å². The summed E-state index contributed by atoms with van der Waals surface area (Å²) in [6, 6.07) is 0.194. The molecule has 0 fully saturated rings. The molecule has 0 heterocycles. The fourth-order valence-corrected chi connectivity index (χ4v) is 0.909. The van der Waals surface area contributed by atoms with Crippen LogP contribution < -0.4 is 4.74 Å². The molecule has 0 N–H and O–H groups in total. The highest BCUT2D eigenvalue weighted by Gasteiger charge is 2.33. The quantitative estimate of drug-likeness (QED) is 0.723. The van der Waals surface area contributed by atoms with Crippen LogP contribution in [-0.2, 0) is 0 Å². The van der Waals surface area contributed by atoms with E-state index < -0.39 is 35.7 Å². The van der Waals surface area contributed by atoms with E-state index in [9.17, 15) is 30.7 Å². The summed E-state index contributed by atoms with van der Waals surface area (Å²) in [4.78, 5) is 0. The Hall–Kier alpha value is -1.47. The van der Waals surface area contributed by atoms with Crippen molar-refractivity contribution in [2.75, 3.05) is 0 Å². The van der Waals surface area contributed by atoms with Crippen LogP contribution in [0.1, 0.15) is 12.0 Å². The van der Waals surface area contributed by atoms with Gasteiger partial charge in [0.25, 0.3) is 6.43 Å². The smallest absolute Gasteiger partial charge is 0.403 e. The van der Waals surface area contributed by atoms with Gasteiger partial charge >= 0.3 is 6.36 Å². The first-order valence-corrected chi connectivity index (χ1v) is 3.73. The maximum Gasteiger partial charge on any atom is 0.573 e. The minimum absolute atomic E-state index is 0.0938. The van der Waals surface area contributed by atoms with Crippen LogP contribution in [0.3, 0.4) is 0 Å². The lowest BCUT2D eigenvalue weighted by Crippen LogP contribution is -2.18. The molecule has 0 bridgehead atoms. The molecule has 90 valence electrons. The minimum Gasteiger partial charge on any atom is -0.403 e. The highest BCUT2D eigenvalue weighted by Crippen LogP contribution is 2.31. The van der Waals surface area contributed by atoms with Crippen LogP contribution in [0.4, 0.5) is 30.7 Å². The molecule has 8 heteroatoms. The van der Waals surface area contributed by atoms with Crippen molar-refractivity contribution in [2.24, 2.45) is 0 Å². The van der Waals surface area contributed by atoms with E-state index in [4.69, 9.17) is 0 Å². The third kappa shape index (κ3) is 3.01. The second-order valence-electron chi connectivity index (χ2n) is 2.66. The minimum atomic E-state index is -5.28. The Bertz CT molecular complexity index is 385. The molecule has 16 heavy (non-hydrogen) atoms. The van der Waals surface area contributed by atoms with E-state index in [1.165, 1.54) is 0 Å². The summed E-state index contributed by atoms with van der Waals surface area (Å²) in [6.07, 6.45) is -8.51. The standard InChI is InChI=1S/C8H3F7O/c9-4-1-3(7(11)12)2-5(6(4)10)16-8(13,14)15/h1-2,7H. The molecule has 1 nitrogen and oxygen atoms in total. The van der Waals surface area contributed by atoms with Crippen molar-refractivity contribution < 1.29 is 35.5 Å². The maximum atomic E-state index is 12.7. The topological polar surface area (TPSA) is 9.23 Å². The van der Waals surface area contributed by atoms with Crippen LogP contribution in [0, 0.1) is 11.6 Å². The molecule has 1 rings (SSSR count). The van der Waals surface area contributed by atoms with E-state index in [1.54, 1.807) is 0 Å². The van der Waals surface area contributed by atoms with Gasteiger partial charge in [0.1, 0.15) is 0 Å². The highest BCUT2D eigenvalue weighted by atomic mass is 19.4. The van der Waals surface area contributed by atoms with Crippen LogP contribution >= 0.6 is 0 Å². The van der Waals surface area contributed by atoms with Gasteiger partial charge < -0.3 is 4.74 Å². The van der Waals surface area contributed by atoms with Crippen LogP contribution in [0.15, 0.2) is 12.1 Å². The maximum absolute atomic E-state index is 12.7. The average molecular weight is 248 g/mol. The lowest BCUT2D eigenvalue weighted by atomic mass is 10.2. The predicted octanol–water partition coefficient (Wildman–Crippen LogP) is 3.80. The number of alkyl halides is 5. The molecule has 0 amide bonds. The number of rotatable bonds is 2. The summed E-state index contributed by atoms with van der Waals surface area (Å²) in [5, 5.41) is 0. The van der Waals surface area contributed by atoms with E-state index in [1.807, 2.05) is 0 Å². The van der Waals surface area contributed by atoms with Crippen molar-refractivity contribution in [1.29, 1.82) is 0 Å². The monoisotopic (exact) mass is 248 g/mol. The third-order valence-electron chi connectivity index (χ3n) is 1.49. The summed E-state index contributed by atoms with van der Waals surface area (Å²) in [5.41, 5.74) is -1.10. The largest absolute Gasteiger partial charge is 0.573 e. The van der Waals surface area contributed by atoms with Crippen molar-refractivity contribution in [1.82, 2.24) is 0 Å². The van der Waals surface area contributed by atoms with Gasteiger partial charge in [-0.25, -0.2) is 13.2 Å². The zero-order valence-corrected chi connectivity index (χ0v) is 7.29. The Kier molecular flexibility index (Phi) is 3.30. The van der Waals surface area contributed by atoms with Gasteiger partial charge in [-0.2, -0.15) is 4.39 Å². The molecule has 0 aliphatic heterocycles. The average Bonchev–Trinajstić information content (AvgIpc) is 2.10. The zero-order chi connectivity index (χ0) is 12.5. The summed E-state index contributed by atoms with van der Waals surface area (Å²) in [7, 11) is 0. The Balaban J connectivity index is 3.17. The van der Waals surface area contributed by atoms with E-state index in [-0.39, 0.29) is 12.1 Å². The molecule has 1 aromatic carbocycles. The van der Waals surface area contributed by atoms with Crippen LogP contribution in [0.2, 0.25) is 0 Å². The van der Waals surface area contributed by atoms with Crippen molar-refractivity contribution in [3.63, 3.8) is 0 Å². The lowest BCUT2D eigenvalue weighted by Gasteiger charge is -2.11. The zero-order valence-electron chi connectivity index (χ0n) is 7.29. The van der Waals surface area contributed by atoms with E-state index in [2.05, 4.69) is 4.74 Å². The molecule has 0 radical (unpaired) electrons. The molecule has 1 aromatic rings. The van der Waals surface area contributed by atoms with E-state index in [0.29, 0.717) is 0 Å². The second-order valence-corrected chi connectivity index (χ2v) is 2.66. The molecule has 0 saturated heterocycles. The van der Waals surface area contributed by atoms with Crippen molar-refractivity contribution in [3.05, 3.63) is 29.3 Å². The fourth-order valence-electron chi connectivity index (χ4n) is 0.909. The summed E-state index contributed by atoms with van der Waals surface area (Å²) in [6.45, 7) is 0. The predicted molar refractivity (Wildman–Crippen MR) is 38.0 cm³/mol. The SMILES string of the molecule is Fc1cc(C(F)F)cc(OC(F)(F)F)c1F. The van der Waals surface area contributed by atoms with Gasteiger partial charge in [-0.1, -0.05) is 0 Å². The van der Waals surface area contributed by atoms with Crippen molar-refractivity contribution >= 4 is 0 Å². The first-order valence-electron chi connectivity index (χ1n) is 3.73. The van der Waals surface area contributed by atoms with Crippen LogP contribution in [-0.4, -0.2) is 6.36 Å². The van der Waals surface area contributed by atoms with Gasteiger partial charge in [-0.05, 0) is 12.1 Å². The van der Waals surface area contributed by atoms with Gasteiger partial charge in [0.2, 0.25) is 5.82 Å². The van der Waals surface area contributed by atoms with E-state index in [0.717, 1.165) is 0 Å². The molecule has 0 aliphatic carbocycles. The molecule has 0 atom stereocenters. The molecule has 0 aromatic heterocycles. The number of hydrogen-bond acceptors (Lipinski definition) is 1. The summed E-state index contributed by atoms with van der Waals surface area (Å²) < 4.78 is 87.6. The molecule has 0 aliphatic rings. The van der Waals surface area contributed by atoms with Gasteiger partial charge in [0.05, 0.1) is 0 Å². The van der Waals surface area contributed by atoms with Crippen molar-refractivity contribution in [3.8, 4) is 5.75 Å². The first-order chi connectivity index (χ1) is 7.20. The molecular weight excluding hydrogens is 245 g/mol. The first kappa shape index (κ1) is 12.6. The lowest BCUT2D eigenvalue weighted by molar-refractivity contribution is -0.275. The summed E-state index contributed by atoms with van der Waals surface area (Å²) >= 11 is 0. The highest BCUT2D eigenvalue weighted by molar-refractivity contribution is 5.32. The van der Waals surface area contributed by atoms with Gasteiger partial charge in [0, 0.05) is 5.56 Å². The Labute approximate surface area is 84.4 Å². The number of halogens is 7. The van der Waals surface area contributed by atoms with Crippen LogP contribution in [0.5, 0.6) is 5.75 Å². The Morgan fingerprint density at radius 2 is 1.62 bits per heavy atom. The molecule has 0 unspecified atom stereocenters. The number of ether oxygens (including phenoxy) is 1. The Morgan fingerprint density at radius 1 is 1.06 bits per heavy atom. The van der Waals surface area contributed by atoms with Gasteiger partial charge in [-0.15, -0.1) is 13.2 Å². The van der Waals surface area contributed by atoms with E-state index >= 15 is 0 Å². The summed E-state index contributed by atoms with van der Waals surface area (Å²) in [5.74, 6) is -5.43. The molecule has 0 saturated carbocycles. The second kappa shape index (κ2) is 4.18.